The summed E-state index contributed by atoms with van der Waals surface area (Å²) in [5.41, 5.74) is 1.82. The van der Waals surface area contributed by atoms with Gasteiger partial charge in [-0.2, -0.15) is 4.98 Å². The molecular weight excluding hydrogens is 271 g/mol. The number of hydrogen-bond donors (Lipinski definition) is 0. The van der Waals surface area contributed by atoms with Gasteiger partial charge in [0.05, 0.1) is 11.2 Å². The molecule has 1 aromatic heterocycles. The van der Waals surface area contributed by atoms with Gasteiger partial charge in [0.15, 0.2) is 0 Å². The number of aliphatic imine (C=N–C) groups is 1. The summed E-state index contributed by atoms with van der Waals surface area (Å²) in [4.78, 5) is 15.1. The van der Waals surface area contributed by atoms with Crippen LogP contribution in [0.4, 0.5) is 4.39 Å². The molecule has 3 aliphatic heterocycles. The van der Waals surface area contributed by atoms with Gasteiger partial charge < -0.3 is 4.74 Å². The third kappa shape index (κ3) is 2.31. The molecule has 4 rings (SSSR count). The van der Waals surface area contributed by atoms with Crippen molar-refractivity contribution in [3.8, 4) is 6.01 Å². The van der Waals surface area contributed by atoms with Crippen molar-refractivity contribution in [2.75, 3.05) is 26.2 Å². The van der Waals surface area contributed by atoms with Crippen LogP contribution in [-0.4, -0.2) is 59.0 Å². The summed E-state index contributed by atoms with van der Waals surface area (Å²) in [7, 11) is 0. The van der Waals surface area contributed by atoms with Crippen LogP contribution in [-0.2, 0) is 6.42 Å². The molecule has 5 nitrogen and oxygen atoms in total. The Labute approximate surface area is 123 Å². The van der Waals surface area contributed by atoms with E-state index in [1.54, 1.807) is 6.21 Å². The average Bonchev–Trinajstić information content (AvgIpc) is 3.01. The highest BCUT2D eigenvalue weighted by Gasteiger charge is 2.49. The highest BCUT2D eigenvalue weighted by Crippen LogP contribution is 2.40. The maximum absolute atomic E-state index is 13.7. The van der Waals surface area contributed by atoms with Gasteiger partial charge in [-0.05, 0) is 31.4 Å². The zero-order valence-electron chi connectivity index (χ0n) is 12.0. The lowest BCUT2D eigenvalue weighted by molar-refractivity contribution is 0.107. The van der Waals surface area contributed by atoms with Gasteiger partial charge in [-0.25, -0.2) is 9.37 Å². The zero-order valence-corrected chi connectivity index (χ0v) is 12.0. The molecule has 0 N–H and O–H groups in total. The van der Waals surface area contributed by atoms with E-state index >= 15 is 0 Å². The fourth-order valence-corrected chi connectivity index (χ4v) is 3.76. The number of alkyl halides is 1. The van der Waals surface area contributed by atoms with Crippen LogP contribution in [0, 0.1) is 0 Å². The molecule has 3 aliphatic rings. The number of rotatable bonds is 3. The first-order valence-electron chi connectivity index (χ1n) is 7.63. The first-order valence-corrected chi connectivity index (χ1v) is 7.63. The minimum Gasteiger partial charge on any atom is -0.461 e. The summed E-state index contributed by atoms with van der Waals surface area (Å²) in [5, 5.41) is 0. The van der Waals surface area contributed by atoms with E-state index in [9.17, 15) is 4.39 Å². The summed E-state index contributed by atoms with van der Waals surface area (Å²) in [6.45, 7) is 2.79. The van der Waals surface area contributed by atoms with Crippen LogP contribution in [0.2, 0.25) is 0 Å². The number of fused-ring (bicyclic) bond motifs is 2. The molecule has 0 aromatic carbocycles. The van der Waals surface area contributed by atoms with Gasteiger partial charge in [0.2, 0.25) is 0 Å². The fraction of sp³-hybridized carbons (Fsp3) is 0.667. The minimum absolute atomic E-state index is 0.146. The molecule has 0 saturated carbocycles. The SMILES string of the molecule is F[C@H]1CN2CCC[C@@]2(COc2ncc3c(n2)C=NCC3)C1. The molecule has 0 radical (unpaired) electrons. The standard InChI is InChI=1S/C15H19FN4O/c16-12-6-15(3-1-5-20(15)9-12)10-21-14-18-7-11-2-4-17-8-13(11)19-14/h7-8,12H,1-6,9-10H2/t12-,15+/m1/s1. The Morgan fingerprint density at radius 3 is 3.38 bits per heavy atom. The van der Waals surface area contributed by atoms with Crippen molar-refractivity contribution in [3.63, 3.8) is 0 Å². The van der Waals surface area contributed by atoms with Crippen LogP contribution < -0.4 is 4.74 Å². The number of halogens is 1. The minimum atomic E-state index is -0.731. The smallest absolute Gasteiger partial charge is 0.317 e. The number of aromatic nitrogens is 2. The van der Waals surface area contributed by atoms with Gasteiger partial charge in [-0.15, -0.1) is 0 Å². The molecule has 2 atom stereocenters. The second-order valence-electron chi connectivity index (χ2n) is 6.21. The van der Waals surface area contributed by atoms with E-state index < -0.39 is 6.17 Å². The van der Waals surface area contributed by atoms with Gasteiger partial charge in [0, 0.05) is 31.9 Å². The van der Waals surface area contributed by atoms with E-state index in [1.165, 1.54) is 0 Å². The highest BCUT2D eigenvalue weighted by molar-refractivity contribution is 5.80. The maximum Gasteiger partial charge on any atom is 0.317 e. The molecule has 2 saturated heterocycles. The van der Waals surface area contributed by atoms with Gasteiger partial charge in [0.1, 0.15) is 12.8 Å². The van der Waals surface area contributed by atoms with Gasteiger partial charge >= 0.3 is 6.01 Å². The van der Waals surface area contributed by atoms with Crippen LogP contribution in [0.25, 0.3) is 0 Å². The summed E-state index contributed by atoms with van der Waals surface area (Å²) in [5.74, 6) is 0. The Morgan fingerprint density at radius 1 is 1.48 bits per heavy atom. The number of nitrogens with zero attached hydrogens (tertiary/aromatic N) is 4. The molecule has 0 spiro atoms. The van der Waals surface area contributed by atoms with E-state index in [4.69, 9.17) is 4.74 Å². The Hall–Kier alpha value is -1.56. The van der Waals surface area contributed by atoms with E-state index in [-0.39, 0.29) is 5.54 Å². The second kappa shape index (κ2) is 5.02. The maximum atomic E-state index is 13.7. The topological polar surface area (TPSA) is 50.6 Å². The summed E-state index contributed by atoms with van der Waals surface area (Å²) in [6.07, 6.45) is 6.44. The predicted octanol–water partition coefficient (Wildman–Crippen LogP) is 1.41. The van der Waals surface area contributed by atoms with Gasteiger partial charge in [-0.3, -0.25) is 9.89 Å². The van der Waals surface area contributed by atoms with Crippen LogP contribution >= 0.6 is 0 Å². The third-order valence-corrected chi connectivity index (χ3v) is 4.83. The van der Waals surface area contributed by atoms with Crippen LogP contribution in [0.3, 0.4) is 0 Å². The van der Waals surface area contributed by atoms with Crippen molar-refractivity contribution in [3.05, 3.63) is 17.5 Å². The number of ether oxygens (including phenoxy) is 1. The first-order chi connectivity index (χ1) is 10.3. The van der Waals surface area contributed by atoms with Crippen LogP contribution in [0.1, 0.15) is 30.5 Å². The van der Waals surface area contributed by atoms with Crippen molar-refractivity contribution >= 4 is 6.21 Å². The Kier molecular flexibility index (Phi) is 3.14. The van der Waals surface area contributed by atoms with Crippen LogP contribution in [0.5, 0.6) is 6.01 Å². The Bertz CT molecular complexity index is 579. The van der Waals surface area contributed by atoms with E-state index in [2.05, 4.69) is 19.9 Å². The molecule has 112 valence electrons. The van der Waals surface area contributed by atoms with Crippen molar-refractivity contribution in [1.29, 1.82) is 0 Å². The average molecular weight is 290 g/mol. The Morgan fingerprint density at radius 2 is 2.43 bits per heavy atom. The molecule has 0 unspecified atom stereocenters. The second-order valence-corrected chi connectivity index (χ2v) is 6.21. The largest absolute Gasteiger partial charge is 0.461 e. The van der Waals surface area contributed by atoms with E-state index in [0.717, 1.165) is 43.6 Å². The summed E-state index contributed by atoms with van der Waals surface area (Å²) >= 11 is 0. The molecule has 6 heteroatoms. The molecular formula is C15H19FN4O. The third-order valence-electron chi connectivity index (χ3n) is 4.83. The van der Waals surface area contributed by atoms with Crippen molar-refractivity contribution in [1.82, 2.24) is 14.9 Å². The highest BCUT2D eigenvalue weighted by atomic mass is 19.1. The molecule has 0 aliphatic carbocycles. The van der Waals surface area contributed by atoms with Gasteiger partial charge in [-0.1, -0.05) is 0 Å². The summed E-state index contributed by atoms with van der Waals surface area (Å²) < 4.78 is 19.5. The van der Waals surface area contributed by atoms with Crippen LogP contribution in [0.15, 0.2) is 11.2 Å². The molecule has 4 heterocycles. The predicted molar refractivity (Wildman–Crippen MR) is 76.7 cm³/mol. The van der Waals surface area contributed by atoms with Crippen molar-refractivity contribution in [2.45, 2.75) is 37.4 Å². The monoisotopic (exact) mass is 290 g/mol. The lowest BCUT2D eigenvalue weighted by Crippen LogP contribution is -2.43. The first kappa shape index (κ1) is 13.1. The molecule has 0 bridgehead atoms. The normalized spacial score (nSPS) is 31.2. The lowest BCUT2D eigenvalue weighted by Gasteiger charge is -2.30. The molecule has 0 amide bonds. The van der Waals surface area contributed by atoms with Crippen molar-refractivity contribution < 1.29 is 9.13 Å². The molecule has 2 fully saturated rings. The number of hydrogen-bond acceptors (Lipinski definition) is 5. The molecule has 21 heavy (non-hydrogen) atoms. The van der Waals surface area contributed by atoms with E-state index in [1.807, 2.05) is 6.20 Å². The fourth-order valence-electron chi connectivity index (χ4n) is 3.76. The molecule has 1 aromatic rings. The quantitative estimate of drug-likeness (QED) is 0.844. The summed E-state index contributed by atoms with van der Waals surface area (Å²) in [6, 6.07) is 0.380. The van der Waals surface area contributed by atoms with E-state index in [0.29, 0.717) is 25.6 Å². The van der Waals surface area contributed by atoms with Gasteiger partial charge in [0.25, 0.3) is 0 Å². The zero-order chi connectivity index (χ0) is 14.3. The van der Waals surface area contributed by atoms with Crippen molar-refractivity contribution in [2.24, 2.45) is 4.99 Å². The Balaban J connectivity index is 1.49. The lowest BCUT2D eigenvalue weighted by atomic mass is 9.95.